The van der Waals surface area contributed by atoms with Crippen molar-refractivity contribution in [2.24, 2.45) is 0 Å². The summed E-state index contributed by atoms with van der Waals surface area (Å²) in [6, 6.07) is 17.4. The first kappa shape index (κ1) is 18.3. The molecule has 2 aromatic heterocycles. The van der Waals surface area contributed by atoms with Gasteiger partial charge in [-0.05, 0) is 60.2 Å². The molecule has 1 aliphatic carbocycles. The summed E-state index contributed by atoms with van der Waals surface area (Å²) >= 11 is 12.5. The molecule has 0 N–H and O–H groups in total. The van der Waals surface area contributed by atoms with Crippen LogP contribution in [0.15, 0.2) is 65.6 Å². The van der Waals surface area contributed by atoms with Crippen molar-refractivity contribution in [1.82, 2.24) is 14.5 Å². The number of nitrogens with zero attached hydrogens (tertiary/aromatic N) is 3. The molecule has 0 aliphatic heterocycles. The Bertz CT molecular complexity index is 1300. The van der Waals surface area contributed by atoms with Crippen LogP contribution in [0.4, 0.5) is 0 Å². The molecule has 1 saturated carbocycles. The van der Waals surface area contributed by atoms with Crippen molar-refractivity contribution >= 4 is 34.1 Å². The van der Waals surface area contributed by atoms with Crippen molar-refractivity contribution in [3.8, 4) is 5.69 Å². The smallest absolute Gasteiger partial charge is 0.259 e. The number of halogens is 2. The lowest BCUT2D eigenvalue weighted by molar-refractivity contribution is 0.917. The Morgan fingerprint density at radius 1 is 1.03 bits per heavy atom. The first-order valence-electron chi connectivity index (χ1n) is 9.51. The highest BCUT2D eigenvalue weighted by Crippen LogP contribution is 2.41. The average molecular weight is 422 g/mol. The van der Waals surface area contributed by atoms with Crippen LogP contribution >= 0.6 is 23.2 Å². The second kappa shape index (κ2) is 7.29. The SMILES string of the molecule is O=c1nc(Cc2ccnc(Cl)c2)c2ccc(C3CC3)cc2n1-c1ccccc1Cl. The number of rotatable bonds is 4. The predicted molar refractivity (Wildman–Crippen MR) is 116 cm³/mol. The van der Waals surface area contributed by atoms with Crippen LogP contribution in [0.5, 0.6) is 0 Å². The lowest BCUT2D eigenvalue weighted by Gasteiger charge is -2.15. The summed E-state index contributed by atoms with van der Waals surface area (Å²) in [5.41, 5.74) is 4.06. The molecule has 0 unspecified atom stereocenters. The maximum Gasteiger partial charge on any atom is 0.352 e. The van der Waals surface area contributed by atoms with Crippen LogP contribution in [0.25, 0.3) is 16.6 Å². The van der Waals surface area contributed by atoms with Crippen LogP contribution in [-0.4, -0.2) is 14.5 Å². The van der Waals surface area contributed by atoms with E-state index in [-0.39, 0.29) is 5.69 Å². The van der Waals surface area contributed by atoms with Gasteiger partial charge in [-0.3, -0.25) is 4.57 Å². The summed E-state index contributed by atoms with van der Waals surface area (Å²) in [4.78, 5) is 21.6. The molecule has 4 aromatic rings. The highest BCUT2D eigenvalue weighted by Gasteiger charge is 2.25. The van der Waals surface area contributed by atoms with Gasteiger partial charge in [0, 0.05) is 18.0 Å². The van der Waals surface area contributed by atoms with Crippen molar-refractivity contribution in [1.29, 1.82) is 0 Å². The fourth-order valence-corrected chi connectivity index (χ4v) is 4.14. The number of aromatic nitrogens is 3. The van der Waals surface area contributed by atoms with Crippen LogP contribution in [0, 0.1) is 0 Å². The zero-order chi connectivity index (χ0) is 20.0. The maximum absolute atomic E-state index is 13.1. The van der Waals surface area contributed by atoms with Gasteiger partial charge in [0.25, 0.3) is 0 Å². The third kappa shape index (κ3) is 3.54. The van der Waals surface area contributed by atoms with Crippen molar-refractivity contribution in [3.05, 3.63) is 98.3 Å². The normalized spacial score (nSPS) is 13.7. The largest absolute Gasteiger partial charge is 0.352 e. The maximum atomic E-state index is 13.1. The third-order valence-corrected chi connectivity index (χ3v) is 5.83. The Morgan fingerprint density at radius 2 is 1.86 bits per heavy atom. The van der Waals surface area contributed by atoms with Gasteiger partial charge in [0.2, 0.25) is 0 Å². The van der Waals surface area contributed by atoms with E-state index in [0.717, 1.165) is 22.2 Å². The summed E-state index contributed by atoms with van der Waals surface area (Å²) in [5.74, 6) is 0.574. The zero-order valence-corrected chi connectivity index (χ0v) is 17.0. The standard InChI is InChI=1S/C23H17Cl2N3O/c24-18-3-1-2-4-20(18)28-21-13-16(15-5-6-15)7-8-17(21)19(27-23(28)29)11-14-9-10-26-22(25)12-14/h1-4,7-10,12-13,15H,5-6,11H2. The molecule has 0 atom stereocenters. The van der Waals surface area contributed by atoms with Gasteiger partial charge in [-0.15, -0.1) is 0 Å². The van der Waals surface area contributed by atoms with Crippen molar-refractivity contribution in [2.75, 3.05) is 0 Å². The molecule has 0 bridgehead atoms. The summed E-state index contributed by atoms with van der Waals surface area (Å²) < 4.78 is 1.62. The summed E-state index contributed by atoms with van der Waals surface area (Å²) in [5, 5.41) is 1.87. The van der Waals surface area contributed by atoms with Crippen LogP contribution in [0.3, 0.4) is 0 Å². The molecule has 1 aliphatic rings. The molecule has 144 valence electrons. The third-order valence-electron chi connectivity index (χ3n) is 5.30. The summed E-state index contributed by atoms with van der Waals surface area (Å²) in [6.45, 7) is 0. The highest BCUT2D eigenvalue weighted by atomic mass is 35.5. The number of para-hydroxylation sites is 1. The Balaban J connectivity index is 1.75. The fraction of sp³-hybridized carbons (Fsp3) is 0.174. The zero-order valence-electron chi connectivity index (χ0n) is 15.5. The minimum Gasteiger partial charge on any atom is -0.259 e. The Kier molecular flexibility index (Phi) is 4.61. The van der Waals surface area contributed by atoms with E-state index < -0.39 is 0 Å². The molecular formula is C23H17Cl2N3O. The van der Waals surface area contributed by atoms with Gasteiger partial charge in [-0.2, -0.15) is 4.98 Å². The van der Waals surface area contributed by atoms with Crippen LogP contribution in [0.1, 0.15) is 35.6 Å². The van der Waals surface area contributed by atoms with Gasteiger partial charge in [-0.1, -0.05) is 47.5 Å². The first-order chi connectivity index (χ1) is 14.1. The first-order valence-corrected chi connectivity index (χ1v) is 10.3. The van der Waals surface area contributed by atoms with E-state index in [1.165, 1.54) is 18.4 Å². The van der Waals surface area contributed by atoms with Gasteiger partial charge in [0.05, 0.1) is 21.9 Å². The van der Waals surface area contributed by atoms with E-state index in [2.05, 4.69) is 28.2 Å². The molecule has 0 saturated heterocycles. The number of pyridine rings is 1. The van der Waals surface area contributed by atoms with Gasteiger partial charge >= 0.3 is 5.69 Å². The molecule has 0 spiro atoms. The fourth-order valence-electron chi connectivity index (χ4n) is 3.72. The predicted octanol–water partition coefficient (Wildman–Crippen LogP) is 5.56. The van der Waals surface area contributed by atoms with E-state index in [1.807, 2.05) is 24.3 Å². The van der Waals surface area contributed by atoms with Gasteiger partial charge < -0.3 is 0 Å². The molecule has 2 heterocycles. The Hall–Kier alpha value is -2.69. The molecule has 2 aromatic carbocycles. The monoisotopic (exact) mass is 421 g/mol. The van der Waals surface area contributed by atoms with Crippen molar-refractivity contribution in [3.63, 3.8) is 0 Å². The van der Waals surface area contributed by atoms with Crippen LogP contribution in [0.2, 0.25) is 10.2 Å². The number of hydrogen-bond donors (Lipinski definition) is 0. The number of benzene rings is 2. The topological polar surface area (TPSA) is 47.8 Å². The van der Waals surface area contributed by atoms with Gasteiger partial charge in [0.15, 0.2) is 0 Å². The van der Waals surface area contributed by atoms with E-state index in [1.54, 1.807) is 22.9 Å². The van der Waals surface area contributed by atoms with E-state index in [0.29, 0.717) is 28.2 Å². The van der Waals surface area contributed by atoms with Gasteiger partial charge in [0.1, 0.15) is 5.15 Å². The minimum absolute atomic E-state index is 0.339. The average Bonchev–Trinajstić information content (AvgIpc) is 3.54. The molecule has 0 amide bonds. The molecule has 5 rings (SSSR count). The Morgan fingerprint density at radius 3 is 2.62 bits per heavy atom. The van der Waals surface area contributed by atoms with Gasteiger partial charge in [-0.25, -0.2) is 9.78 Å². The number of fused-ring (bicyclic) bond motifs is 1. The second-order valence-corrected chi connectivity index (χ2v) is 8.14. The molecule has 0 radical (unpaired) electrons. The minimum atomic E-state index is -0.339. The van der Waals surface area contributed by atoms with E-state index >= 15 is 0 Å². The lowest BCUT2D eigenvalue weighted by Crippen LogP contribution is -2.24. The molecular weight excluding hydrogens is 405 g/mol. The summed E-state index contributed by atoms with van der Waals surface area (Å²) in [6.07, 6.45) is 4.54. The Labute approximate surface area is 177 Å². The van der Waals surface area contributed by atoms with Crippen LogP contribution in [-0.2, 0) is 6.42 Å². The molecule has 6 heteroatoms. The van der Waals surface area contributed by atoms with Crippen LogP contribution < -0.4 is 5.69 Å². The highest BCUT2D eigenvalue weighted by molar-refractivity contribution is 6.32. The number of hydrogen-bond acceptors (Lipinski definition) is 3. The quantitative estimate of drug-likeness (QED) is 0.405. The summed E-state index contributed by atoms with van der Waals surface area (Å²) in [7, 11) is 0. The van der Waals surface area contributed by atoms with E-state index in [4.69, 9.17) is 23.2 Å². The second-order valence-electron chi connectivity index (χ2n) is 7.34. The lowest BCUT2D eigenvalue weighted by atomic mass is 10.0. The van der Waals surface area contributed by atoms with Crippen molar-refractivity contribution < 1.29 is 0 Å². The molecule has 4 nitrogen and oxygen atoms in total. The van der Waals surface area contributed by atoms with E-state index in [9.17, 15) is 4.79 Å². The molecule has 1 fully saturated rings. The van der Waals surface area contributed by atoms with Crippen molar-refractivity contribution in [2.45, 2.75) is 25.2 Å². The molecule has 29 heavy (non-hydrogen) atoms.